The van der Waals surface area contributed by atoms with Crippen LogP contribution in [0.2, 0.25) is 0 Å². The monoisotopic (exact) mass is 283 g/mol. The molecule has 2 aromatic rings. The zero-order valence-corrected chi connectivity index (χ0v) is 12.6. The first-order valence-corrected chi connectivity index (χ1v) is 7.04. The van der Waals surface area contributed by atoms with E-state index in [4.69, 9.17) is 14.5 Å². The molecule has 0 bridgehead atoms. The SMILES string of the molecule is Cc1cc2n(n1)C(=NC(C)(C)C)c1cc3c(cc1-2)OCO3. The Morgan fingerprint density at radius 2 is 1.76 bits per heavy atom. The number of aromatic nitrogens is 2. The van der Waals surface area contributed by atoms with Crippen LogP contribution in [-0.4, -0.2) is 27.9 Å². The molecule has 5 nitrogen and oxygen atoms in total. The first kappa shape index (κ1) is 12.4. The van der Waals surface area contributed by atoms with Crippen LogP contribution in [-0.2, 0) is 0 Å². The Kier molecular flexibility index (Phi) is 2.29. The number of aryl methyl sites for hydroxylation is 1. The number of rotatable bonds is 0. The average molecular weight is 283 g/mol. The standard InChI is InChI=1S/C16H17N3O2/c1-9-5-12-10-6-13-14(21-8-20-13)7-11(10)15(19(12)18-9)17-16(2,3)4/h5-7H,8H2,1-4H3. The highest BCUT2D eigenvalue weighted by molar-refractivity contribution is 6.12. The molecule has 4 rings (SSSR count). The minimum Gasteiger partial charge on any atom is -0.454 e. The van der Waals surface area contributed by atoms with E-state index in [-0.39, 0.29) is 12.3 Å². The quantitative estimate of drug-likeness (QED) is 0.637. The molecule has 1 aromatic heterocycles. The van der Waals surface area contributed by atoms with Gasteiger partial charge in [0.2, 0.25) is 6.79 Å². The Morgan fingerprint density at radius 1 is 1.10 bits per heavy atom. The molecule has 0 N–H and O–H groups in total. The van der Waals surface area contributed by atoms with Gasteiger partial charge in [0.1, 0.15) is 0 Å². The van der Waals surface area contributed by atoms with Crippen LogP contribution in [0.15, 0.2) is 23.2 Å². The second kappa shape index (κ2) is 3.87. The summed E-state index contributed by atoms with van der Waals surface area (Å²) in [6, 6.07) is 6.11. The van der Waals surface area contributed by atoms with Crippen LogP contribution >= 0.6 is 0 Å². The van der Waals surface area contributed by atoms with Gasteiger partial charge in [-0.15, -0.1) is 0 Å². The minimum absolute atomic E-state index is 0.176. The van der Waals surface area contributed by atoms with Crippen molar-refractivity contribution >= 4 is 5.84 Å². The van der Waals surface area contributed by atoms with Crippen molar-refractivity contribution in [2.24, 2.45) is 4.99 Å². The number of aliphatic imine (C=N–C) groups is 1. The van der Waals surface area contributed by atoms with Crippen molar-refractivity contribution < 1.29 is 9.47 Å². The maximum Gasteiger partial charge on any atom is 0.231 e. The number of benzene rings is 1. The van der Waals surface area contributed by atoms with E-state index in [1.54, 1.807) is 0 Å². The van der Waals surface area contributed by atoms with Crippen molar-refractivity contribution in [2.75, 3.05) is 6.79 Å². The molecular formula is C16H17N3O2. The van der Waals surface area contributed by atoms with Crippen LogP contribution in [0.1, 0.15) is 32.0 Å². The van der Waals surface area contributed by atoms with Gasteiger partial charge in [-0.3, -0.25) is 4.99 Å². The van der Waals surface area contributed by atoms with Gasteiger partial charge in [0.15, 0.2) is 17.3 Å². The fraction of sp³-hybridized carbons (Fsp3) is 0.375. The van der Waals surface area contributed by atoms with Crippen LogP contribution < -0.4 is 9.47 Å². The Balaban J connectivity index is 2.00. The lowest BCUT2D eigenvalue weighted by Crippen LogP contribution is -2.19. The fourth-order valence-corrected chi connectivity index (χ4v) is 2.73. The topological polar surface area (TPSA) is 48.6 Å². The Labute approximate surface area is 123 Å². The summed E-state index contributed by atoms with van der Waals surface area (Å²) in [4.78, 5) is 4.85. The van der Waals surface area contributed by atoms with E-state index < -0.39 is 0 Å². The van der Waals surface area contributed by atoms with E-state index in [1.807, 2.05) is 23.7 Å². The molecule has 0 aliphatic carbocycles. The number of fused-ring (bicyclic) bond motifs is 4. The van der Waals surface area contributed by atoms with Crippen LogP contribution in [0.5, 0.6) is 11.5 Å². The highest BCUT2D eigenvalue weighted by atomic mass is 16.7. The third-order valence-corrected chi connectivity index (χ3v) is 3.50. The lowest BCUT2D eigenvalue weighted by Gasteiger charge is -2.14. The Morgan fingerprint density at radius 3 is 2.43 bits per heavy atom. The first-order chi connectivity index (χ1) is 9.92. The predicted octanol–water partition coefficient (Wildman–Crippen LogP) is 2.99. The van der Waals surface area contributed by atoms with E-state index in [1.165, 1.54) is 0 Å². The molecule has 108 valence electrons. The van der Waals surface area contributed by atoms with Gasteiger partial charge in [-0.1, -0.05) is 0 Å². The van der Waals surface area contributed by atoms with Crippen LogP contribution in [0.4, 0.5) is 0 Å². The summed E-state index contributed by atoms with van der Waals surface area (Å²) in [6.45, 7) is 8.53. The number of hydrogen-bond acceptors (Lipinski definition) is 4. The lowest BCUT2D eigenvalue weighted by molar-refractivity contribution is 0.174. The molecule has 0 saturated carbocycles. The summed E-state index contributed by atoms with van der Waals surface area (Å²) >= 11 is 0. The number of nitrogens with zero attached hydrogens (tertiary/aromatic N) is 3. The maximum absolute atomic E-state index is 5.49. The second-order valence-corrected chi connectivity index (χ2v) is 6.44. The number of ether oxygens (including phenoxy) is 2. The smallest absolute Gasteiger partial charge is 0.231 e. The molecule has 21 heavy (non-hydrogen) atoms. The van der Waals surface area contributed by atoms with Gasteiger partial charge < -0.3 is 9.47 Å². The van der Waals surface area contributed by atoms with Crippen LogP contribution in [0.3, 0.4) is 0 Å². The molecule has 0 spiro atoms. The highest BCUT2D eigenvalue weighted by Crippen LogP contribution is 2.42. The Hall–Kier alpha value is -2.30. The summed E-state index contributed by atoms with van der Waals surface area (Å²) in [7, 11) is 0. The average Bonchev–Trinajstić information content (AvgIpc) is 3.03. The highest BCUT2D eigenvalue weighted by Gasteiger charge is 2.31. The molecule has 0 saturated heterocycles. The molecule has 1 aromatic carbocycles. The molecule has 0 atom stereocenters. The first-order valence-electron chi connectivity index (χ1n) is 7.04. The molecule has 0 amide bonds. The largest absolute Gasteiger partial charge is 0.454 e. The molecule has 3 heterocycles. The third-order valence-electron chi connectivity index (χ3n) is 3.50. The third kappa shape index (κ3) is 1.84. The van der Waals surface area contributed by atoms with Gasteiger partial charge >= 0.3 is 0 Å². The molecule has 0 radical (unpaired) electrons. The van der Waals surface area contributed by atoms with Crippen molar-refractivity contribution in [3.63, 3.8) is 0 Å². The van der Waals surface area contributed by atoms with Crippen molar-refractivity contribution in [1.29, 1.82) is 0 Å². The van der Waals surface area contributed by atoms with Crippen LogP contribution in [0, 0.1) is 6.92 Å². The summed E-state index contributed by atoms with van der Waals surface area (Å²) in [5.74, 6) is 2.44. The van der Waals surface area contributed by atoms with Gasteiger partial charge in [-0.05, 0) is 45.9 Å². The van der Waals surface area contributed by atoms with Gasteiger partial charge in [-0.2, -0.15) is 5.10 Å². The summed E-state index contributed by atoms with van der Waals surface area (Å²) in [5.41, 5.74) is 4.02. The summed E-state index contributed by atoms with van der Waals surface area (Å²) in [6.07, 6.45) is 0. The van der Waals surface area contributed by atoms with Crippen molar-refractivity contribution in [1.82, 2.24) is 9.78 Å². The van der Waals surface area contributed by atoms with Crippen molar-refractivity contribution in [3.05, 3.63) is 29.5 Å². The van der Waals surface area contributed by atoms with E-state index in [0.717, 1.165) is 39.8 Å². The molecule has 2 aliphatic heterocycles. The van der Waals surface area contributed by atoms with Gasteiger partial charge in [0.25, 0.3) is 0 Å². The van der Waals surface area contributed by atoms with Gasteiger partial charge in [0.05, 0.1) is 16.9 Å². The predicted molar refractivity (Wildman–Crippen MR) is 80.2 cm³/mol. The molecule has 0 unspecified atom stereocenters. The van der Waals surface area contributed by atoms with E-state index >= 15 is 0 Å². The van der Waals surface area contributed by atoms with Gasteiger partial charge in [-0.25, -0.2) is 4.68 Å². The molecule has 5 heteroatoms. The van der Waals surface area contributed by atoms with Gasteiger partial charge in [0, 0.05) is 11.1 Å². The van der Waals surface area contributed by atoms with E-state index in [2.05, 4.69) is 31.9 Å². The van der Waals surface area contributed by atoms with E-state index in [0.29, 0.717) is 0 Å². The van der Waals surface area contributed by atoms with E-state index in [9.17, 15) is 0 Å². The second-order valence-electron chi connectivity index (χ2n) is 6.44. The summed E-state index contributed by atoms with van der Waals surface area (Å²) < 4.78 is 12.9. The number of hydrogen-bond donors (Lipinski definition) is 0. The zero-order valence-electron chi connectivity index (χ0n) is 12.6. The normalized spacial score (nSPS) is 17.2. The minimum atomic E-state index is -0.176. The Bertz CT molecular complexity index is 782. The maximum atomic E-state index is 5.49. The molecule has 0 fully saturated rings. The summed E-state index contributed by atoms with van der Waals surface area (Å²) in [5, 5.41) is 4.58. The fourth-order valence-electron chi connectivity index (χ4n) is 2.73. The van der Waals surface area contributed by atoms with Crippen molar-refractivity contribution in [2.45, 2.75) is 33.2 Å². The molecule has 2 aliphatic rings. The van der Waals surface area contributed by atoms with Crippen LogP contribution in [0.25, 0.3) is 11.3 Å². The molecular weight excluding hydrogens is 266 g/mol. The zero-order chi connectivity index (χ0) is 14.8. The lowest BCUT2D eigenvalue weighted by atomic mass is 10.0. The van der Waals surface area contributed by atoms with Crippen molar-refractivity contribution in [3.8, 4) is 22.8 Å².